The summed E-state index contributed by atoms with van der Waals surface area (Å²) in [6.07, 6.45) is 0.538. The Morgan fingerprint density at radius 2 is 2.15 bits per heavy atom. The Hall–Kier alpha value is -1.37. The minimum atomic E-state index is -0.333. The lowest BCUT2D eigenvalue weighted by molar-refractivity contribution is -0.119. The van der Waals surface area contributed by atoms with Gasteiger partial charge in [-0.3, -0.25) is 4.79 Å². The maximum Gasteiger partial charge on any atom is 0.233 e. The van der Waals surface area contributed by atoms with Crippen molar-refractivity contribution in [3.63, 3.8) is 0 Å². The van der Waals surface area contributed by atoms with Crippen molar-refractivity contribution in [2.45, 2.75) is 6.42 Å². The monoisotopic (exact) mass is 322 g/mol. The molecule has 0 aliphatic carbocycles. The number of para-hydroxylation sites is 1. The lowest BCUT2D eigenvalue weighted by atomic mass is 10.3. The predicted octanol–water partition coefficient (Wildman–Crippen LogP) is 1.17. The number of rotatable bonds is 4. The molecule has 3 N–H and O–H groups in total. The number of benzene rings is 1. The Balaban J connectivity index is 0.00000180. The van der Waals surface area contributed by atoms with Gasteiger partial charge in [0.1, 0.15) is 11.3 Å². The second kappa shape index (κ2) is 8.04. The zero-order valence-corrected chi connectivity index (χ0v) is 12.6. The van der Waals surface area contributed by atoms with Crippen LogP contribution in [0.3, 0.4) is 0 Å². The smallest absolute Gasteiger partial charge is 0.233 e. The molecule has 0 saturated heterocycles. The van der Waals surface area contributed by atoms with Crippen LogP contribution in [-0.4, -0.2) is 28.5 Å². The zero-order chi connectivity index (χ0) is 13.1. The summed E-state index contributed by atoms with van der Waals surface area (Å²) < 4.78 is 15.3. The molecule has 0 fully saturated rings. The minimum Gasteiger partial charge on any atom is -0.355 e. The summed E-state index contributed by atoms with van der Waals surface area (Å²) in [5, 5.41) is 2.66. The highest BCUT2D eigenvalue weighted by atomic mass is 35.5. The number of hydrogen-bond donors (Lipinski definition) is 2. The zero-order valence-electron chi connectivity index (χ0n) is 10.9. The molecule has 1 amide bonds. The van der Waals surface area contributed by atoms with Crippen LogP contribution in [0.15, 0.2) is 18.2 Å². The highest BCUT2D eigenvalue weighted by Crippen LogP contribution is 2.17. The Kier molecular flexibility index (Phi) is 7.49. The number of carbonyl (C=O) groups is 1. The first-order valence-corrected chi connectivity index (χ1v) is 5.70. The van der Waals surface area contributed by atoms with Gasteiger partial charge in [-0.25, -0.2) is 9.37 Å². The van der Waals surface area contributed by atoms with E-state index in [0.29, 0.717) is 18.5 Å². The first-order chi connectivity index (χ1) is 8.63. The van der Waals surface area contributed by atoms with E-state index in [1.807, 2.05) is 17.7 Å². The van der Waals surface area contributed by atoms with Crippen LogP contribution in [-0.2, 0) is 18.3 Å². The number of halogens is 3. The van der Waals surface area contributed by atoms with Crippen molar-refractivity contribution in [1.82, 2.24) is 14.9 Å². The largest absolute Gasteiger partial charge is 0.355 e. The van der Waals surface area contributed by atoms with Crippen molar-refractivity contribution in [1.29, 1.82) is 0 Å². The van der Waals surface area contributed by atoms with Gasteiger partial charge in [0.05, 0.1) is 12.1 Å². The number of aromatic nitrogens is 2. The molecule has 0 unspecified atom stereocenters. The number of carbonyl (C=O) groups excluding carboxylic acids is 1. The van der Waals surface area contributed by atoms with Crippen LogP contribution in [0, 0.1) is 5.82 Å². The maximum atomic E-state index is 13.5. The van der Waals surface area contributed by atoms with Crippen LogP contribution in [0.2, 0.25) is 0 Å². The van der Waals surface area contributed by atoms with Crippen molar-refractivity contribution in [3.8, 4) is 0 Å². The number of nitrogens with one attached hydrogen (secondary N) is 1. The van der Waals surface area contributed by atoms with Gasteiger partial charge in [-0.2, -0.15) is 0 Å². The Morgan fingerprint density at radius 1 is 1.45 bits per heavy atom. The number of nitrogens with zero attached hydrogens (tertiary/aromatic N) is 2. The second-order valence-electron chi connectivity index (χ2n) is 4.00. The van der Waals surface area contributed by atoms with Gasteiger partial charge in [0.25, 0.3) is 0 Å². The average Bonchev–Trinajstić information content (AvgIpc) is 2.69. The van der Waals surface area contributed by atoms with Crippen molar-refractivity contribution >= 4 is 41.8 Å². The molecular weight excluding hydrogens is 306 g/mol. The van der Waals surface area contributed by atoms with Gasteiger partial charge in [0.2, 0.25) is 5.91 Å². The van der Waals surface area contributed by atoms with Crippen LogP contribution in [0.5, 0.6) is 0 Å². The third-order valence-corrected chi connectivity index (χ3v) is 2.81. The molecule has 8 heteroatoms. The second-order valence-corrected chi connectivity index (χ2v) is 4.00. The fourth-order valence-electron chi connectivity index (χ4n) is 1.84. The summed E-state index contributed by atoms with van der Waals surface area (Å²) >= 11 is 0. The van der Waals surface area contributed by atoms with Crippen LogP contribution in [0.1, 0.15) is 5.82 Å². The van der Waals surface area contributed by atoms with Gasteiger partial charge in [-0.15, -0.1) is 24.8 Å². The van der Waals surface area contributed by atoms with E-state index in [4.69, 9.17) is 5.73 Å². The third kappa shape index (κ3) is 3.82. The lowest BCUT2D eigenvalue weighted by Gasteiger charge is -2.03. The van der Waals surface area contributed by atoms with E-state index < -0.39 is 0 Å². The van der Waals surface area contributed by atoms with Crippen molar-refractivity contribution < 1.29 is 9.18 Å². The molecule has 0 aliphatic rings. The molecule has 1 heterocycles. The molecule has 0 saturated carbocycles. The van der Waals surface area contributed by atoms with Gasteiger partial charge >= 0.3 is 0 Å². The highest BCUT2D eigenvalue weighted by Gasteiger charge is 2.10. The summed E-state index contributed by atoms with van der Waals surface area (Å²) in [6.45, 7) is 0.409. The third-order valence-electron chi connectivity index (χ3n) is 2.81. The lowest BCUT2D eigenvalue weighted by Crippen LogP contribution is -2.32. The van der Waals surface area contributed by atoms with Gasteiger partial charge in [0.15, 0.2) is 5.82 Å². The number of aryl methyl sites for hydroxylation is 1. The number of nitrogens with two attached hydrogens (primary N) is 1. The molecule has 112 valence electrons. The molecule has 20 heavy (non-hydrogen) atoms. The molecule has 0 atom stereocenters. The van der Waals surface area contributed by atoms with Gasteiger partial charge in [-0.1, -0.05) is 6.07 Å². The number of fused-ring (bicyclic) bond motifs is 1. The summed E-state index contributed by atoms with van der Waals surface area (Å²) in [5.41, 5.74) is 6.29. The fraction of sp³-hybridized carbons (Fsp3) is 0.333. The average molecular weight is 323 g/mol. The Morgan fingerprint density at radius 3 is 2.75 bits per heavy atom. The number of imidazole rings is 1. The van der Waals surface area contributed by atoms with Gasteiger partial charge < -0.3 is 15.6 Å². The standard InChI is InChI=1S/C12H15FN4O.2ClH/c1-17-9-4-2-3-8(13)12(9)16-10(17)5-6-15-11(18)7-14;;/h2-4H,5-7,14H2,1H3,(H,15,18);2*1H. The van der Waals surface area contributed by atoms with E-state index >= 15 is 0 Å². The summed E-state index contributed by atoms with van der Waals surface area (Å²) in [5.74, 6) is 0.188. The molecular formula is C12H17Cl2FN4O. The van der Waals surface area contributed by atoms with Crippen molar-refractivity contribution in [3.05, 3.63) is 29.8 Å². The van der Waals surface area contributed by atoms with Crippen LogP contribution in [0.25, 0.3) is 11.0 Å². The van der Waals surface area contributed by atoms with E-state index in [9.17, 15) is 9.18 Å². The van der Waals surface area contributed by atoms with E-state index in [2.05, 4.69) is 10.3 Å². The molecule has 1 aromatic heterocycles. The molecule has 0 radical (unpaired) electrons. The molecule has 5 nitrogen and oxygen atoms in total. The molecule has 1 aromatic carbocycles. The first kappa shape index (κ1) is 18.6. The predicted molar refractivity (Wildman–Crippen MR) is 80.9 cm³/mol. The normalized spacial score (nSPS) is 9.75. The quantitative estimate of drug-likeness (QED) is 0.887. The van der Waals surface area contributed by atoms with Gasteiger partial charge in [-0.05, 0) is 12.1 Å². The van der Waals surface area contributed by atoms with Crippen LogP contribution >= 0.6 is 24.8 Å². The maximum absolute atomic E-state index is 13.5. The number of amides is 1. The van der Waals surface area contributed by atoms with Crippen LogP contribution < -0.4 is 11.1 Å². The molecule has 2 aromatic rings. The SMILES string of the molecule is Cl.Cl.Cn1c(CCNC(=O)CN)nc2c(F)cccc21. The Labute approximate surface area is 128 Å². The summed E-state index contributed by atoms with van der Waals surface area (Å²) in [6, 6.07) is 4.85. The Bertz CT molecular complexity index is 588. The molecule has 0 aliphatic heterocycles. The fourth-order valence-corrected chi connectivity index (χ4v) is 1.84. The first-order valence-electron chi connectivity index (χ1n) is 5.70. The molecule has 0 spiro atoms. The van der Waals surface area contributed by atoms with E-state index in [0.717, 1.165) is 11.3 Å². The topological polar surface area (TPSA) is 72.9 Å². The number of hydrogen-bond acceptors (Lipinski definition) is 3. The summed E-state index contributed by atoms with van der Waals surface area (Å²) in [4.78, 5) is 15.2. The van der Waals surface area contributed by atoms with E-state index in [1.165, 1.54) is 6.07 Å². The van der Waals surface area contributed by atoms with Gasteiger partial charge in [0, 0.05) is 20.0 Å². The minimum absolute atomic E-state index is 0. The van der Waals surface area contributed by atoms with Crippen molar-refractivity contribution in [2.24, 2.45) is 12.8 Å². The van der Waals surface area contributed by atoms with E-state index in [-0.39, 0.29) is 43.1 Å². The highest BCUT2D eigenvalue weighted by molar-refractivity contribution is 5.85. The van der Waals surface area contributed by atoms with E-state index in [1.54, 1.807) is 6.07 Å². The van der Waals surface area contributed by atoms with Crippen LogP contribution in [0.4, 0.5) is 4.39 Å². The molecule has 0 bridgehead atoms. The van der Waals surface area contributed by atoms with Crippen molar-refractivity contribution in [2.75, 3.05) is 13.1 Å². The molecule has 2 rings (SSSR count). The summed E-state index contributed by atoms with van der Waals surface area (Å²) in [7, 11) is 1.83.